The number of rotatable bonds is 10. The van der Waals surface area contributed by atoms with E-state index in [4.69, 9.17) is 9.15 Å². The minimum atomic E-state index is -3.21. The highest BCUT2D eigenvalue weighted by atomic mass is 32.2. The number of carbonyl (C=O) groups is 1. The average Bonchev–Trinajstić information content (AvgIpc) is 3.40. The van der Waals surface area contributed by atoms with Gasteiger partial charge in [0.25, 0.3) is 0 Å². The molecule has 1 aromatic carbocycles. The van der Waals surface area contributed by atoms with Crippen LogP contribution in [0.15, 0.2) is 52.0 Å². The van der Waals surface area contributed by atoms with E-state index in [2.05, 4.69) is 10.2 Å². The summed E-state index contributed by atoms with van der Waals surface area (Å²) in [6.07, 6.45) is 6.13. The smallest absolute Gasteiger partial charge is 0.220 e. The molecule has 7 nitrogen and oxygen atoms in total. The minimum absolute atomic E-state index is 0.0169. The Hall–Kier alpha value is -2.32. The van der Waals surface area contributed by atoms with Gasteiger partial charge in [-0.1, -0.05) is 0 Å². The standard InChI is InChI=1S/C21H28N2O5S/c1-29(25,26)18-10-8-17(9-11-18)27-14-5-7-21(24)22-16-19(20-6-4-15-28-20)23-12-2-3-13-23/h4,6,8-11,15,19H,2-3,5,7,12-14,16H2,1H3,(H,22,24). The zero-order valence-electron chi connectivity index (χ0n) is 16.7. The molecule has 1 aliphatic heterocycles. The SMILES string of the molecule is CS(=O)(=O)c1ccc(OCCCC(=O)NCC(c2ccco2)N2CCCC2)cc1. The van der Waals surface area contributed by atoms with Crippen molar-refractivity contribution < 1.29 is 22.4 Å². The lowest BCUT2D eigenvalue weighted by atomic mass is 10.2. The maximum Gasteiger partial charge on any atom is 0.220 e. The van der Waals surface area contributed by atoms with Gasteiger partial charge < -0.3 is 14.5 Å². The van der Waals surface area contributed by atoms with E-state index in [0.717, 1.165) is 18.8 Å². The molecule has 1 amide bonds. The van der Waals surface area contributed by atoms with Crippen molar-refractivity contribution in [1.29, 1.82) is 0 Å². The molecule has 1 aromatic heterocycles. The first kappa shape index (κ1) is 21.4. The van der Waals surface area contributed by atoms with E-state index >= 15 is 0 Å². The van der Waals surface area contributed by atoms with Crippen LogP contribution in [0.5, 0.6) is 5.75 Å². The molecule has 2 heterocycles. The van der Waals surface area contributed by atoms with Gasteiger partial charge in [0.05, 0.1) is 23.8 Å². The third-order valence-corrected chi connectivity index (χ3v) is 6.14. The molecule has 0 spiro atoms. The normalized spacial score (nSPS) is 15.9. The maximum absolute atomic E-state index is 12.2. The van der Waals surface area contributed by atoms with Gasteiger partial charge in [-0.3, -0.25) is 9.69 Å². The number of nitrogens with zero attached hydrogens (tertiary/aromatic N) is 1. The Kier molecular flexibility index (Phi) is 7.33. The fourth-order valence-electron chi connectivity index (χ4n) is 3.45. The predicted molar refractivity (Wildman–Crippen MR) is 110 cm³/mol. The van der Waals surface area contributed by atoms with Crippen LogP contribution in [0, 0.1) is 0 Å². The highest BCUT2D eigenvalue weighted by molar-refractivity contribution is 7.90. The topological polar surface area (TPSA) is 88.8 Å². The molecule has 1 unspecified atom stereocenters. The van der Waals surface area contributed by atoms with Crippen LogP contribution in [0.1, 0.15) is 37.5 Å². The zero-order valence-corrected chi connectivity index (χ0v) is 17.5. The van der Waals surface area contributed by atoms with Crippen LogP contribution >= 0.6 is 0 Å². The Bertz CT molecular complexity index is 872. The largest absolute Gasteiger partial charge is 0.494 e. The number of furan rings is 1. The van der Waals surface area contributed by atoms with E-state index in [9.17, 15) is 13.2 Å². The maximum atomic E-state index is 12.2. The third kappa shape index (κ3) is 6.33. The second-order valence-electron chi connectivity index (χ2n) is 7.27. The summed E-state index contributed by atoms with van der Waals surface area (Å²) in [6, 6.07) is 10.2. The Morgan fingerprint density at radius 3 is 2.55 bits per heavy atom. The molecule has 2 aromatic rings. The summed E-state index contributed by atoms with van der Waals surface area (Å²) in [5.41, 5.74) is 0. The van der Waals surface area contributed by atoms with Crippen molar-refractivity contribution >= 4 is 15.7 Å². The first-order valence-corrected chi connectivity index (χ1v) is 11.8. The van der Waals surface area contributed by atoms with Crippen LogP contribution < -0.4 is 10.1 Å². The lowest BCUT2D eigenvalue weighted by Gasteiger charge is -2.26. The van der Waals surface area contributed by atoms with Crippen molar-refractivity contribution in [2.24, 2.45) is 0 Å². The van der Waals surface area contributed by atoms with Crippen LogP contribution in [0.3, 0.4) is 0 Å². The number of carbonyl (C=O) groups excluding carboxylic acids is 1. The third-order valence-electron chi connectivity index (χ3n) is 5.01. The van der Waals surface area contributed by atoms with Gasteiger partial charge >= 0.3 is 0 Å². The average molecular weight is 421 g/mol. The Balaban J connectivity index is 1.39. The molecule has 1 fully saturated rings. The highest BCUT2D eigenvalue weighted by Gasteiger charge is 2.25. The van der Waals surface area contributed by atoms with Gasteiger partial charge in [-0.2, -0.15) is 0 Å². The summed E-state index contributed by atoms with van der Waals surface area (Å²) in [4.78, 5) is 14.8. The molecular weight excluding hydrogens is 392 g/mol. The van der Waals surface area contributed by atoms with Crippen LogP contribution in [-0.2, 0) is 14.6 Å². The van der Waals surface area contributed by atoms with Crippen LogP contribution in [0.2, 0.25) is 0 Å². The Morgan fingerprint density at radius 1 is 1.21 bits per heavy atom. The van der Waals surface area contributed by atoms with Gasteiger partial charge in [0.15, 0.2) is 9.84 Å². The monoisotopic (exact) mass is 420 g/mol. The van der Waals surface area contributed by atoms with E-state index < -0.39 is 9.84 Å². The predicted octanol–water partition coefficient (Wildman–Crippen LogP) is 2.80. The summed E-state index contributed by atoms with van der Waals surface area (Å²) in [7, 11) is -3.21. The van der Waals surface area contributed by atoms with E-state index in [1.165, 1.54) is 31.2 Å². The van der Waals surface area contributed by atoms with E-state index in [0.29, 0.717) is 31.7 Å². The zero-order chi connectivity index (χ0) is 20.7. The lowest BCUT2D eigenvalue weighted by Crippen LogP contribution is -2.36. The number of hydrogen-bond donors (Lipinski definition) is 1. The summed E-state index contributed by atoms with van der Waals surface area (Å²) < 4.78 is 34.1. The van der Waals surface area contributed by atoms with Crippen molar-refractivity contribution in [2.45, 2.75) is 36.6 Å². The van der Waals surface area contributed by atoms with Crippen molar-refractivity contribution in [1.82, 2.24) is 10.2 Å². The van der Waals surface area contributed by atoms with Crippen molar-refractivity contribution in [3.8, 4) is 5.75 Å². The number of likely N-dealkylation sites (tertiary alicyclic amines) is 1. The van der Waals surface area contributed by atoms with Crippen LogP contribution in [0.25, 0.3) is 0 Å². The van der Waals surface area contributed by atoms with E-state index in [1.54, 1.807) is 18.4 Å². The Morgan fingerprint density at radius 2 is 1.93 bits per heavy atom. The minimum Gasteiger partial charge on any atom is -0.494 e. The number of benzene rings is 1. The summed E-state index contributed by atoms with van der Waals surface area (Å²) in [5, 5.41) is 3.01. The molecule has 1 aliphatic rings. The van der Waals surface area contributed by atoms with Crippen molar-refractivity contribution in [2.75, 3.05) is 32.5 Å². The lowest BCUT2D eigenvalue weighted by molar-refractivity contribution is -0.121. The molecule has 8 heteroatoms. The molecule has 0 bridgehead atoms. The summed E-state index contributed by atoms with van der Waals surface area (Å²) in [5.74, 6) is 1.45. The van der Waals surface area contributed by atoms with Crippen molar-refractivity contribution in [3.05, 3.63) is 48.4 Å². The van der Waals surface area contributed by atoms with Gasteiger partial charge in [-0.15, -0.1) is 0 Å². The Labute approximate surface area is 172 Å². The number of sulfone groups is 1. The van der Waals surface area contributed by atoms with Crippen LogP contribution in [0.4, 0.5) is 0 Å². The second-order valence-corrected chi connectivity index (χ2v) is 9.29. The van der Waals surface area contributed by atoms with Gasteiger partial charge in [-0.05, 0) is 68.8 Å². The van der Waals surface area contributed by atoms with Gasteiger partial charge in [0.1, 0.15) is 11.5 Å². The number of nitrogens with one attached hydrogen (secondary N) is 1. The molecular formula is C21H28N2O5S. The first-order chi connectivity index (χ1) is 13.9. The highest BCUT2D eigenvalue weighted by Crippen LogP contribution is 2.25. The molecule has 0 radical (unpaired) electrons. The summed E-state index contributed by atoms with van der Waals surface area (Å²) >= 11 is 0. The van der Waals surface area contributed by atoms with Gasteiger partial charge in [0.2, 0.25) is 5.91 Å². The van der Waals surface area contributed by atoms with Gasteiger partial charge in [-0.25, -0.2) is 8.42 Å². The molecule has 158 valence electrons. The molecule has 1 atom stereocenters. The fourth-order valence-corrected chi connectivity index (χ4v) is 4.08. The molecule has 3 rings (SSSR count). The molecule has 29 heavy (non-hydrogen) atoms. The second kappa shape index (κ2) is 9.93. The number of amides is 1. The number of hydrogen-bond acceptors (Lipinski definition) is 6. The number of ether oxygens (including phenoxy) is 1. The van der Waals surface area contributed by atoms with Crippen molar-refractivity contribution in [3.63, 3.8) is 0 Å². The summed E-state index contributed by atoms with van der Waals surface area (Å²) in [6.45, 7) is 2.96. The molecule has 1 N–H and O–H groups in total. The molecule has 0 saturated carbocycles. The fraction of sp³-hybridized carbons (Fsp3) is 0.476. The quantitative estimate of drug-likeness (QED) is 0.595. The first-order valence-electron chi connectivity index (χ1n) is 9.90. The molecule has 0 aliphatic carbocycles. The van der Waals surface area contributed by atoms with Gasteiger partial charge in [0, 0.05) is 19.2 Å². The van der Waals surface area contributed by atoms with Crippen LogP contribution in [-0.4, -0.2) is 51.7 Å². The molecule has 1 saturated heterocycles. The van der Waals surface area contributed by atoms with E-state index in [1.807, 2.05) is 12.1 Å². The van der Waals surface area contributed by atoms with E-state index in [-0.39, 0.29) is 16.8 Å².